The molecule has 0 bridgehead atoms. The zero-order chi connectivity index (χ0) is 12.7. The van der Waals surface area contributed by atoms with E-state index >= 15 is 0 Å². The molecule has 0 amide bonds. The van der Waals surface area contributed by atoms with Gasteiger partial charge in [-0.1, -0.05) is 35.0 Å². The molecule has 0 aliphatic heterocycles. The molecule has 1 N–H and O–H groups in total. The molecule has 0 spiro atoms. The maximum atomic E-state index is 10.4. The molecule has 4 nitrogen and oxygen atoms in total. The summed E-state index contributed by atoms with van der Waals surface area (Å²) in [7, 11) is 0. The second-order valence-corrected chi connectivity index (χ2v) is 3.67. The SMILES string of the molecule is CC(=NOCC=Cc1cccc(Cl)c1)C(=O)O. The first-order valence-corrected chi connectivity index (χ1v) is 5.29. The Hall–Kier alpha value is -1.81. The summed E-state index contributed by atoms with van der Waals surface area (Å²) in [6.07, 6.45) is 3.54. The minimum atomic E-state index is -1.09. The van der Waals surface area contributed by atoms with Crippen molar-refractivity contribution >= 4 is 29.4 Å². The largest absolute Gasteiger partial charge is 0.477 e. The van der Waals surface area contributed by atoms with Gasteiger partial charge in [0, 0.05) is 5.02 Å². The molecule has 0 atom stereocenters. The van der Waals surface area contributed by atoms with E-state index in [1.54, 1.807) is 12.1 Å². The second kappa shape index (κ2) is 6.70. The van der Waals surface area contributed by atoms with E-state index < -0.39 is 5.97 Å². The Bertz CT molecular complexity index is 455. The Balaban J connectivity index is 2.41. The fourth-order valence-electron chi connectivity index (χ4n) is 1.01. The fraction of sp³-hybridized carbons (Fsp3) is 0.167. The average Bonchev–Trinajstić information content (AvgIpc) is 2.28. The van der Waals surface area contributed by atoms with Gasteiger partial charge in [0.15, 0.2) is 5.71 Å². The number of nitrogens with zero attached hydrogens (tertiary/aromatic N) is 1. The van der Waals surface area contributed by atoms with Gasteiger partial charge in [0.2, 0.25) is 0 Å². The van der Waals surface area contributed by atoms with Crippen molar-refractivity contribution < 1.29 is 14.7 Å². The number of carboxylic acids is 1. The van der Waals surface area contributed by atoms with Crippen LogP contribution in [0, 0.1) is 0 Å². The van der Waals surface area contributed by atoms with Crippen molar-refractivity contribution in [2.24, 2.45) is 5.16 Å². The van der Waals surface area contributed by atoms with Gasteiger partial charge in [0.05, 0.1) is 0 Å². The molecule has 1 aromatic rings. The van der Waals surface area contributed by atoms with Gasteiger partial charge in [-0.05, 0) is 30.7 Å². The first kappa shape index (κ1) is 13.3. The average molecular weight is 254 g/mol. The summed E-state index contributed by atoms with van der Waals surface area (Å²) in [6.45, 7) is 1.57. The number of hydrogen-bond donors (Lipinski definition) is 1. The lowest BCUT2D eigenvalue weighted by atomic mass is 10.2. The van der Waals surface area contributed by atoms with Gasteiger partial charge in [-0.15, -0.1) is 0 Å². The van der Waals surface area contributed by atoms with Crippen molar-refractivity contribution in [3.05, 3.63) is 40.9 Å². The highest BCUT2D eigenvalue weighted by Crippen LogP contribution is 2.11. The van der Waals surface area contributed by atoms with Crippen LogP contribution in [0.2, 0.25) is 5.02 Å². The van der Waals surface area contributed by atoms with Gasteiger partial charge in [-0.2, -0.15) is 0 Å². The van der Waals surface area contributed by atoms with Gasteiger partial charge >= 0.3 is 5.97 Å². The third kappa shape index (κ3) is 5.17. The molecule has 0 saturated carbocycles. The predicted octanol–water partition coefficient (Wildman–Crippen LogP) is 2.83. The number of halogens is 1. The number of carboxylic acid groups (broad SMARTS) is 1. The highest BCUT2D eigenvalue weighted by molar-refractivity contribution is 6.34. The maximum absolute atomic E-state index is 10.4. The van der Waals surface area contributed by atoms with Gasteiger partial charge in [0.25, 0.3) is 0 Å². The summed E-state index contributed by atoms with van der Waals surface area (Å²) in [5.41, 5.74) is 0.862. The van der Waals surface area contributed by atoms with Crippen molar-refractivity contribution in [3.8, 4) is 0 Å². The van der Waals surface area contributed by atoms with Crippen LogP contribution < -0.4 is 0 Å². The minimum Gasteiger partial charge on any atom is -0.477 e. The normalized spacial score (nSPS) is 11.8. The van der Waals surface area contributed by atoms with Crippen LogP contribution in [0.15, 0.2) is 35.5 Å². The summed E-state index contributed by atoms with van der Waals surface area (Å²) in [5.74, 6) is -1.09. The lowest BCUT2D eigenvalue weighted by Gasteiger charge is -1.96. The Labute approximate surface area is 104 Å². The quantitative estimate of drug-likeness (QED) is 0.499. The number of oxime groups is 1. The molecular formula is C12H12ClNO3. The first-order valence-electron chi connectivity index (χ1n) is 4.91. The van der Waals surface area contributed by atoms with Crippen LogP contribution in [-0.2, 0) is 9.63 Å². The molecule has 0 saturated heterocycles. The number of aliphatic carboxylic acids is 1. The molecular weight excluding hydrogens is 242 g/mol. The maximum Gasteiger partial charge on any atom is 0.353 e. The van der Waals surface area contributed by atoms with Crippen LogP contribution in [0.3, 0.4) is 0 Å². The lowest BCUT2D eigenvalue weighted by Crippen LogP contribution is -2.08. The van der Waals surface area contributed by atoms with Crippen LogP contribution in [0.5, 0.6) is 0 Å². The molecule has 0 aliphatic carbocycles. The molecule has 1 rings (SSSR count). The Morgan fingerprint density at radius 2 is 2.35 bits per heavy atom. The Morgan fingerprint density at radius 1 is 1.59 bits per heavy atom. The Morgan fingerprint density at radius 3 is 3.00 bits per heavy atom. The molecule has 0 heterocycles. The van der Waals surface area contributed by atoms with Crippen LogP contribution in [-0.4, -0.2) is 23.4 Å². The molecule has 17 heavy (non-hydrogen) atoms. The van der Waals surface area contributed by atoms with Gasteiger partial charge < -0.3 is 9.94 Å². The third-order valence-electron chi connectivity index (χ3n) is 1.84. The van der Waals surface area contributed by atoms with E-state index in [4.69, 9.17) is 21.5 Å². The smallest absolute Gasteiger partial charge is 0.353 e. The van der Waals surface area contributed by atoms with E-state index in [1.165, 1.54) is 6.92 Å². The van der Waals surface area contributed by atoms with Crippen molar-refractivity contribution in [3.63, 3.8) is 0 Å². The highest BCUT2D eigenvalue weighted by atomic mass is 35.5. The molecule has 1 aromatic carbocycles. The number of rotatable bonds is 5. The summed E-state index contributed by atoms with van der Waals surface area (Å²) in [4.78, 5) is 15.2. The number of carbonyl (C=O) groups is 1. The van der Waals surface area contributed by atoms with E-state index in [1.807, 2.05) is 24.3 Å². The first-order chi connectivity index (χ1) is 8.09. The van der Waals surface area contributed by atoms with Crippen LogP contribution >= 0.6 is 11.6 Å². The van der Waals surface area contributed by atoms with Gasteiger partial charge in [-0.3, -0.25) is 0 Å². The molecule has 0 fully saturated rings. The summed E-state index contributed by atoms with van der Waals surface area (Å²) < 4.78 is 0. The molecule has 0 aromatic heterocycles. The van der Waals surface area contributed by atoms with Crippen molar-refractivity contribution in [2.75, 3.05) is 6.61 Å². The van der Waals surface area contributed by atoms with Crippen LogP contribution in [0.25, 0.3) is 6.08 Å². The Kier molecular flexibility index (Phi) is 5.23. The van der Waals surface area contributed by atoms with E-state index in [2.05, 4.69) is 5.16 Å². The van der Waals surface area contributed by atoms with Crippen molar-refractivity contribution in [2.45, 2.75) is 6.92 Å². The standard InChI is InChI=1S/C12H12ClNO3/c1-9(12(15)16)14-17-7-3-5-10-4-2-6-11(13)8-10/h2-6,8H,7H2,1H3,(H,15,16). The van der Waals surface area contributed by atoms with E-state index in [0.29, 0.717) is 5.02 Å². The van der Waals surface area contributed by atoms with Gasteiger partial charge in [0.1, 0.15) is 6.61 Å². The fourth-order valence-corrected chi connectivity index (χ4v) is 1.21. The molecule has 0 radical (unpaired) electrons. The summed E-state index contributed by atoms with van der Waals surface area (Å²) >= 11 is 5.81. The number of benzene rings is 1. The van der Waals surface area contributed by atoms with Crippen molar-refractivity contribution in [1.82, 2.24) is 0 Å². The van der Waals surface area contributed by atoms with E-state index in [-0.39, 0.29) is 12.3 Å². The summed E-state index contributed by atoms with van der Waals surface area (Å²) in [6, 6.07) is 7.34. The van der Waals surface area contributed by atoms with Crippen LogP contribution in [0.1, 0.15) is 12.5 Å². The lowest BCUT2D eigenvalue weighted by molar-refractivity contribution is -0.129. The molecule has 5 heteroatoms. The molecule has 90 valence electrons. The third-order valence-corrected chi connectivity index (χ3v) is 2.08. The second-order valence-electron chi connectivity index (χ2n) is 3.23. The zero-order valence-corrected chi connectivity index (χ0v) is 10.0. The molecule has 0 aliphatic rings. The van der Waals surface area contributed by atoms with E-state index in [0.717, 1.165) is 5.56 Å². The minimum absolute atomic E-state index is 0.0823. The topological polar surface area (TPSA) is 58.9 Å². The summed E-state index contributed by atoms with van der Waals surface area (Å²) in [5, 5.41) is 12.6. The van der Waals surface area contributed by atoms with Crippen LogP contribution in [0.4, 0.5) is 0 Å². The number of hydrogen-bond acceptors (Lipinski definition) is 3. The predicted molar refractivity (Wildman–Crippen MR) is 67.2 cm³/mol. The van der Waals surface area contributed by atoms with Gasteiger partial charge in [-0.25, -0.2) is 4.79 Å². The van der Waals surface area contributed by atoms with Crippen molar-refractivity contribution in [1.29, 1.82) is 0 Å². The zero-order valence-electron chi connectivity index (χ0n) is 9.26. The molecule has 0 unspecified atom stereocenters. The monoisotopic (exact) mass is 253 g/mol. The van der Waals surface area contributed by atoms with E-state index in [9.17, 15) is 4.79 Å². The highest BCUT2D eigenvalue weighted by Gasteiger charge is 2.00.